The number of piperidine rings is 1. The van der Waals surface area contributed by atoms with Crippen molar-refractivity contribution in [3.63, 3.8) is 0 Å². The topological polar surface area (TPSA) is 48.9 Å². The van der Waals surface area contributed by atoms with Crippen molar-refractivity contribution in [1.29, 1.82) is 0 Å². The zero-order valence-corrected chi connectivity index (χ0v) is 18.1. The van der Waals surface area contributed by atoms with Gasteiger partial charge in [-0.1, -0.05) is 27.7 Å². The highest BCUT2D eigenvalue weighted by atomic mass is 127. The van der Waals surface area contributed by atoms with Crippen molar-refractivity contribution in [3.8, 4) is 0 Å². The molecule has 1 aliphatic rings. The molecule has 1 saturated heterocycles. The number of nitrogens with one attached hydrogen (secondary N) is 2. The van der Waals surface area contributed by atoms with E-state index in [9.17, 15) is 0 Å². The Labute approximate surface area is 160 Å². The van der Waals surface area contributed by atoms with Gasteiger partial charge in [-0.15, -0.1) is 24.0 Å². The number of methoxy groups -OCH3 is 1. The highest BCUT2D eigenvalue weighted by Gasteiger charge is 2.24. The first-order chi connectivity index (χ1) is 10.4. The van der Waals surface area contributed by atoms with Crippen molar-refractivity contribution < 1.29 is 4.74 Å². The third kappa shape index (κ3) is 9.10. The molecule has 0 radical (unpaired) electrons. The molecule has 5 nitrogen and oxygen atoms in total. The number of aliphatic imine (C=N–C) groups is 1. The summed E-state index contributed by atoms with van der Waals surface area (Å²) >= 11 is 0. The van der Waals surface area contributed by atoms with Crippen molar-refractivity contribution >= 4 is 29.9 Å². The largest absolute Gasteiger partial charge is 0.379 e. The number of ether oxygens (including phenoxy) is 1. The summed E-state index contributed by atoms with van der Waals surface area (Å²) in [5, 5.41) is 6.77. The monoisotopic (exact) mass is 440 g/mol. The predicted molar refractivity (Wildman–Crippen MR) is 110 cm³/mol. The maximum atomic E-state index is 5.57. The van der Waals surface area contributed by atoms with Crippen LogP contribution in [0.5, 0.6) is 0 Å². The Hall–Kier alpha value is -0.0800. The fourth-order valence-corrected chi connectivity index (χ4v) is 2.77. The lowest BCUT2D eigenvalue weighted by molar-refractivity contribution is 0.0205. The lowest BCUT2D eigenvalue weighted by atomic mass is 9.89. The van der Waals surface area contributed by atoms with Crippen LogP contribution in [0.3, 0.4) is 0 Å². The first-order valence-electron chi connectivity index (χ1n) is 8.56. The molecule has 6 heteroatoms. The molecule has 0 aromatic heterocycles. The van der Waals surface area contributed by atoms with Gasteiger partial charge in [0.15, 0.2) is 5.96 Å². The third-order valence-corrected chi connectivity index (χ3v) is 4.53. The Morgan fingerprint density at radius 1 is 1.26 bits per heavy atom. The van der Waals surface area contributed by atoms with Gasteiger partial charge in [-0.25, -0.2) is 0 Å². The van der Waals surface area contributed by atoms with Gasteiger partial charge in [0.1, 0.15) is 0 Å². The Kier molecular flexibility index (Phi) is 11.4. The summed E-state index contributed by atoms with van der Waals surface area (Å²) in [5.74, 6) is 1.75. The molecule has 0 spiro atoms. The number of guanidine groups is 1. The van der Waals surface area contributed by atoms with Crippen LogP contribution in [0.15, 0.2) is 4.99 Å². The Morgan fingerprint density at radius 3 is 2.35 bits per heavy atom. The van der Waals surface area contributed by atoms with Gasteiger partial charge in [-0.2, -0.15) is 0 Å². The van der Waals surface area contributed by atoms with E-state index in [0.29, 0.717) is 0 Å². The van der Waals surface area contributed by atoms with Gasteiger partial charge in [0.25, 0.3) is 0 Å². The number of rotatable bonds is 6. The Bertz CT molecular complexity index is 336. The van der Waals surface area contributed by atoms with E-state index in [4.69, 9.17) is 4.74 Å². The van der Waals surface area contributed by atoms with Crippen LogP contribution in [0, 0.1) is 11.3 Å². The molecule has 0 amide bonds. The Morgan fingerprint density at radius 2 is 1.87 bits per heavy atom. The maximum Gasteiger partial charge on any atom is 0.191 e. The van der Waals surface area contributed by atoms with E-state index in [0.717, 1.165) is 31.5 Å². The molecule has 2 N–H and O–H groups in total. The van der Waals surface area contributed by atoms with E-state index < -0.39 is 0 Å². The number of hydrogen-bond donors (Lipinski definition) is 2. The van der Waals surface area contributed by atoms with Crippen LogP contribution in [0.1, 0.15) is 40.5 Å². The molecule has 0 aromatic carbocycles. The predicted octanol–water partition coefficient (Wildman–Crippen LogP) is 2.56. The van der Waals surface area contributed by atoms with Crippen molar-refractivity contribution in [2.24, 2.45) is 16.3 Å². The molecular weight excluding hydrogens is 403 g/mol. The molecule has 1 fully saturated rings. The fraction of sp³-hybridized carbons (Fsp3) is 0.941. The standard InChI is InChI=1S/C17H36N4O.HI/c1-14-7-10-21(11-8-14)12-9-19-16(18-5)20-13-15(22-6)17(2,3)4;/h14-15H,7-13H2,1-6H3,(H2,18,19,20);1H. The highest BCUT2D eigenvalue weighted by Crippen LogP contribution is 2.20. The number of nitrogens with zero attached hydrogens (tertiary/aromatic N) is 2. The molecule has 0 aromatic rings. The number of halogens is 1. The van der Waals surface area contributed by atoms with Crippen molar-refractivity contribution in [2.75, 3.05) is 46.9 Å². The molecule has 1 aliphatic heterocycles. The van der Waals surface area contributed by atoms with Crippen LogP contribution in [0.4, 0.5) is 0 Å². The highest BCUT2D eigenvalue weighted by molar-refractivity contribution is 14.0. The summed E-state index contributed by atoms with van der Waals surface area (Å²) in [5.41, 5.74) is 0.116. The lowest BCUT2D eigenvalue weighted by Gasteiger charge is -2.31. The van der Waals surface area contributed by atoms with E-state index in [2.05, 4.69) is 48.2 Å². The SMILES string of the molecule is CN=C(NCCN1CCC(C)CC1)NCC(OC)C(C)(C)C.I. The van der Waals surface area contributed by atoms with Crippen molar-refractivity contribution in [2.45, 2.75) is 46.6 Å². The number of likely N-dealkylation sites (tertiary alicyclic amines) is 1. The quantitative estimate of drug-likeness (QED) is 0.379. The second-order valence-electron chi connectivity index (χ2n) is 7.49. The molecule has 1 heterocycles. The van der Waals surface area contributed by atoms with Gasteiger partial charge in [0.2, 0.25) is 0 Å². The van der Waals surface area contributed by atoms with Gasteiger partial charge >= 0.3 is 0 Å². The molecule has 23 heavy (non-hydrogen) atoms. The molecule has 0 saturated carbocycles. The first kappa shape index (κ1) is 22.9. The molecule has 1 unspecified atom stereocenters. The molecule has 1 atom stereocenters. The lowest BCUT2D eigenvalue weighted by Crippen LogP contribution is -2.47. The molecule has 0 aliphatic carbocycles. The fourth-order valence-electron chi connectivity index (χ4n) is 2.77. The summed E-state index contributed by atoms with van der Waals surface area (Å²) in [6.45, 7) is 14.2. The molecule has 0 bridgehead atoms. The summed E-state index contributed by atoms with van der Waals surface area (Å²) in [7, 11) is 3.59. The average molecular weight is 440 g/mol. The normalized spacial score (nSPS) is 19.1. The summed E-state index contributed by atoms with van der Waals surface area (Å²) in [6.07, 6.45) is 2.82. The summed E-state index contributed by atoms with van der Waals surface area (Å²) in [4.78, 5) is 6.83. The molecule has 138 valence electrons. The minimum absolute atomic E-state index is 0. The van der Waals surface area contributed by atoms with E-state index in [1.165, 1.54) is 25.9 Å². The van der Waals surface area contributed by atoms with Gasteiger partial charge in [0.05, 0.1) is 6.10 Å². The van der Waals surface area contributed by atoms with Crippen LogP contribution < -0.4 is 10.6 Å². The van der Waals surface area contributed by atoms with Crippen molar-refractivity contribution in [1.82, 2.24) is 15.5 Å². The first-order valence-corrected chi connectivity index (χ1v) is 8.56. The van der Waals surface area contributed by atoms with E-state index in [-0.39, 0.29) is 35.5 Å². The van der Waals surface area contributed by atoms with Crippen LogP contribution in [0.2, 0.25) is 0 Å². The van der Waals surface area contributed by atoms with Crippen LogP contribution in [0.25, 0.3) is 0 Å². The maximum absolute atomic E-state index is 5.57. The molecular formula is C17H37IN4O. The van der Waals surface area contributed by atoms with Crippen LogP contribution >= 0.6 is 24.0 Å². The van der Waals surface area contributed by atoms with Crippen LogP contribution in [-0.2, 0) is 4.74 Å². The van der Waals surface area contributed by atoms with E-state index in [1.54, 1.807) is 7.11 Å². The van der Waals surface area contributed by atoms with Gasteiger partial charge < -0.3 is 20.3 Å². The zero-order valence-electron chi connectivity index (χ0n) is 15.8. The minimum Gasteiger partial charge on any atom is -0.379 e. The van der Waals surface area contributed by atoms with E-state index in [1.807, 2.05) is 7.05 Å². The van der Waals surface area contributed by atoms with Crippen LogP contribution in [-0.4, -0.2) is 63.8 Å². The van der Waals surface area contributed by atoms with Crippen molar-refractivity contribution in [3.05, 3.63) is 0 Å². The third-order valence-electron chi connectivity index (χ3n) is 4.53. The second kappa shape index (κ2) is 11.5. The Balaban J connectivity index is 0.00000484. The second-order valence-corrected chi connectivity index (χ2v) is 7.49. The minimum atomic E-state index is 0. The number of hydrogen-bond acceptors (Lipinski definition) is 3. The molecule has 1 rings (SSSR count). The summed E-state index contributed by atoms with van der Waals surface area (Å²) < 4.78 is 5.57. The van der Waals surface area contributed by atoms with Gasteiger partial charge in [-0.3, -0.25) is 4.99 Å². The average Bonchev–Trinajstić information content (AvgIpc) is 2.46. The van der Waals surface area contributed by atoms with Gasteiger partial charge in [-0.05, 0) is 37.3 Å². The van der Waals surface area contributed by atoms with Gasteiger partial charge in [0, 0.05) is 33.8 Å². The van der Waals surface area contributed by atoms with E-state index >= 15 is 0 Å². The summed E-state index contributed by atoms with van der Waals surface area (Å²) in [6, 6.07) is 0. The smallest absolute Gasteiger partial charge is 0.191 e. The zero-order chi connectivity index (χ0) is 16.6.